The second-order valence-electron chi connectivity index (χ2n) is 6.25. The van der Waals surface area contributed by atoms with Gasteiger partial charge in [0, 0.05) is 19.6 Å². The number of hydrogen-bond donors (Lipinski definition) is 1. The number of carbonyl (C=O) groups is 1. The molecule has 0 radical (unpaired) electrons. The zero-order valence-corrected chi connectivity index (χ0v) is 12.6. The van der Waals surface area contributed by atoms with E-state index >= 15 is 0 Å². The third kappa shape index (κ3) is 7.53. The van der Waals surface area contributed by atoms with Crippen molar-refractivity contribution in [3.05, 3.63) is 0 Å². The molecule has 0 aromatic rings. The van der Waals surface area contributed by atoms with Crippen molar-refractivity contribution in [3.8, 4) is 0 Å². The number of carboxylic acids is 1. The maximum absolute atomic E-state index is 10.4. The maximum atomic E-state index is 10.4. The molecule has 0 saturated carbocycles. The van der Waals surface area contributed by atoms with Gasteiger partial charge >= 0.3 is 5.97 Å². The largest absolute Gasteiger partial charge is 0.481 e. The Kier molecular flexibility index (Phi) is 7.39. The van der Waals surface area contributed by atoms with Crippen LogP contribution in [0.25, 0.3) is 0 Å². The van der Waals surface area contributed by atoms with Crippen molar-refractivity contribution in [1.82, 2.24) is 4.90 Å². The van der Waals surface area contributed by atoms with Crippen molar-refractivity contribution < 1.29 is 14.6 Å². The van der Waals surface area contributed by atoms with Crippen LogP contribution in [-0.2, 0) is 9.53 Å². The molecule has 0 aromatic carbocycles. The van der Waals surface area contributed by atoms with Gasteiger partial charge in [0.25, 0.3) is 0 Å². The molecule has 1 aliphatic heterocycles. The van der Waals surface area contributed by atoms with Gasteiger partial charge in [-0.25, -0.2) is 0 Å². The van der Waals surface area contributed by atoms with E-state index < -0.39 is 5.97 Å². The van der Waals surface area contributed by atoms with Gasteiger partial charge in [0.2, 0.25) is 0 Å². The first kappa shape index (κ1) is 16.4. The van der Waals surface area contributed by atoms with E-state index in [2.05, 4.69) is 25.7 Å². The van der Waals surface area contributed by atoms with Crippen LogP contribution in [0.1, 0.15) is 46.5 Å². The Morgan fingerprint density at radius 2 is 1.95 bits per heavy atom. The van der Waals surface area contributed by atoms with E-state index in [1.165, 1.54) is 13.0 Å². The van der Waals surface area contributed by atoms with E-state index in [4.69, 9.17) is 9.84 Å². The fraction of sp³-hybridized carbons (Fsp3) is 0.933. The fourth-order valence-electron chi connectivity index (χ4n) is 2.89. The molecule has 1 aliphatic rings. The predicted octanol–water partition coefficient (Wildman–Crippen LogP) is 2.62. The van der Waals surface area contributed by atoms with Crippen LogP contribution in [0.4, 0.5) is 0 Å². The Hall–Kier alpha value is -0.610. The first-order valence-electron chi connectivity index (χ1n) is 7.53. The van der Waals surface area contributed by atoms with Gasteiger partial charge in [-0.3, -0.25) is 4.79 Å². The average Bonchev–Trinajstić information content (AvgIpc) is 2.29. The monoisotopic (exact) mass is 271 g/mol. The average molecular weight is 271 g/mol. The molecule has 112 valence electrons. The molecule has 4 nitrogen and oxygen atoms in total. The molecule has 1 heterocycles. The molecule has 0 spiro atoms. The van der Waals surface area contributed by atoms with Crippen molar-refractivity contribution in [2.45, 2.75) is 52.6 Å². The minimum Gasteiger partial charge on any atom is -0.481 e. The van der Waals surface area contributed by atoms with Gasteiger partial charge in [0.1, 0.15) is 0 Å². The van der Waals surface area contributed by atoms with Crippen LogP contribution >= 0.6 is 0 Å². The van der Waals surface area contributed by atoms with E-state index in [0.29, 0.717) is 6.61 Å². The van der Waals surface area contributed by atoms with E-state index in [1.807, 2.05) is 0 Å². The second-order valence-corrected chi connectivity index (χ2v) is 6.25. The zero-order valence-electron chi connectivity index (χ0n) is 12.6. The zero-order chi connectivity index (χ0) is 14.3. The van der Waals surface area contributed by atoms with Gasteiger partial charge in [-0.05, 0) is 31.1 Å². The Labute approximate surface area is 117 Å². The van der Waals surface area contributed by atoms with Crippen molar-refractivity contribution in [2.24, 2.45) is 11.8 Å². The van der Waals surface area contributed by atoms with Gasteiger partial charge in [0.05, 0.1) is 19.1 Å². The molecule has 0 amide bonds. The Bertz CT molecular complexity index is 260. The molecule has 0 aromatic heterocycles. The standard InChI is InChI=1S/C15H29NO3/c1-12(2)10-13(3)11-16-7-4-14(5-8-16)19-9-6-15(17)18/h12-14H,4-11H2,1-3H3,(H,17,18). The maximum Gasteiger partial charge on any atom is 0.305 e. The fourth-order valence-corrected chi connectivity index (χ4v) is 2.89. The summed E-state index contributed by atoms with van der Waals surface area (Å²) in [7, 11) is 0. The van der Waals surface area contributed by atoms with Crippen molar-refractivity contribution in [2.75, 3.05) is 26.2 Å². The van der Waals surface area contributed by atoms with Gasteiger partial charge in [-0.15, -0.1) is 0 Å². The molecule has 1 atom stereocenters. The van der Waals surface area contributed by atoms with Crippen molar-refractivity contribution >= 4 is 5.97 Å². The highest BCUT2D eigenvalue weighted by molar-refractivity contribution is 5.66. The van der Waals surface area contributed by atoms with Crippen LogP contribution in [0.5, 0.6) is 0 Å². The number of ether oxygens (including phenoxy) is 1. The summed E-state index contributed by atoms with van der Waals surface area (Å²) < 4.78 is 5.60. The quantitative estimate of drug-likeness (QED) is 0.737. The van der Waals surface area contributed by atoms with Crippen LogP contribution in [0.15, 0.2) is 0 Å². The van der Waals surface area contributed by atoms with E-state index in [1.54, 1.807) is 0 Å². The minimum absolute atomic E-state index is 0.117. The van der Waals surface area contributed by atoms with Crippen LogP contribution < -0.4 is 0 Å². The number of hydrogen-bond acceptors (Lipinski definition) is 3. The molecule has 19 heavy (non-hydrogen) atoms. The minimum atomic E-state index is -0.778. The lowest BCUT2D eigenvalue weighted by Crippen LogP contribution is -2.39. The summed E-state index contributed by atoms with van der Waals surface area (Å²) in [5, 5.41) is 8.57. The van der Waals surface area contributed by atoms with E-state index in [-0.39, 0.29) is 12.5 Å². The molecular formula is C15H29NO3. The van der Waals surface area contributed by atoms with Gasteiger partial charge in [0.15, 0.2) is 0 Å². The summed E-state index contributed by atoms with van der Waals surface area (Å²) in [6.45, 7) is 10.6. The van der Waals surface area contributed by atoms with Crippen molar-refractivity contribution in [3.63, 3.8) is 0 Å². The molecule has 1 rings (SSSR count). The Morgan fingerprint density at radius 1 is 1.32 bits per heavy atom. The molecule has 1 saturated heterocycles. The first-order chi connectivity index (χ1) is 8.97. The lowest BCUT2D eigenvalue weighted by Gasteiger charge is -2.33. The molecule has 0 aliphatic carbocycles. The van der Waals surface area contributed by atoms with Crippen LogP contribution in [0.3, 0.4) is 0 Å². The smallest absolute Gasteiger partial charge is 0.305 e. The molecule has 4 heteroatoms. The molecule has 1 unspecified atom stereocenters. The van der Waals surface area contributed by atoms with E-state index in [9.17, 15) is 4.79 Å². The third-order valence-corrected chi connectivity index (χ3v) is 3.65. The molecular weight excluding hydrogens is 242 g/mol. The lowest BCUT2D eigenvalue weighted by molar-refractivity contribution is -0.138. The number of piperidine rings is 1. The number of carboxylic acid groups (broad SMARTS) is 1. The summed E-state index contributed by atoms with van der Waals surface area (Å²) in [5.74, 6) is 0.747. The van der Waals surface area contributed by atoms with Crippen LogP contribution in [0, 0.1) is 11.8 Å². The molecule has 1 fully saturated rings. The number of rotatable bonds is 8. The number of likely N-dealkylation sites (tertiary alicyclic amines) is 1. The van der Waals surface area contributed by atoms with Crippen LogP contribution in [-0.4, -0.2) is 48.3 Å². The SMILES string of the molecule is CC(C)CC(C)CN1CCC(OCCC(=O)O)CC1. The van der Waals surface area contributed by atoms with Crippen molar-refractivity contribution in [1.29, 1.82) is 0 Å². The Balaban J connectivity index is 2.13. The van der Waals surface area contributed by atoms with Gasteiger partial charge in [-0.2, -0.15) is 0 Å². The second kappa shape index (κ2) is 8.54. The Morgan fingerprint density at radius 3 is 2.47 bits per heavy atom. The summed E-state index contributed by atoms with van der Waals surface area (Å²) in [6, 6.07) is 0. The topological polar surface area (TPSA) is 49.8 Å². The molecule has 0 bridgehead atoms. The number of nitrogens with zero attached hydrogens (tertiary/aromatic N) is 1. The summed E-state index contributed by atoms with van der Waals surface area (Å²) in [4.78, 5) is 12.9. The van der Waals surface area contributed by atoms with Gasteiger partial charge < -0.3 is 14.7 Å². The predicted molar refractivity (Wildman–Crippen MR) is 76.3 cm³/mol. The summed E-state index contributed by atoms with van der Waals surface area (Å²) >= 11 is 0. The van der Waals surface area contributed by atoms with Crippen LogP contribution in [0.2, 0.25) is 0 Å². The summed E-state index contributed by atoms with van der Waals surface area (Å²) in [6.07, 6.45) is 3.74. The van der Waals surface area contributed by atoms with E-state index in [0.717, 1.165) is 37.8 Å². The summed E-state index contributed by atoms with van der Waals surface area (Å²) in [5.41, 5.74) is 0. The normalized spacial score (nSPS) is 19.8. The lowest BCUT2D eigenvalue weighted by atomic mass is 9.97. The molecule has 1 N–H and O–H groups in total. The first-order valence-corrected chi connectivity index (χ1v) is 7.53. The third-order valence-electron chi connectivity index (χ3n) is 3.65. The van der Waals surface area contributed by atoms with Gasteiger partial charge in [-0.1, -0.05) is 20.8 Å². The highest BCUT2D eigenvalue weighted by Crippen LogP contribution is 2.18. The number of aliphatic carboxylic acids is 1. The highest BCUT2D eigenvalue weighted by atomic mass is 16.5. The highest BCUT2D eigenvalue weighted by Gasteiger charge is 2.21.